The van der Waals surface area contributed by atoms with E-state index in [-0.39, 0.29) is 18.0 Å². The Labute approximate surface area is 152 Å². The number of nitrogens with one attached hydrogen (secondary N) is 3. The van der Waals surface area contributed by atoms with E-state index in [1.807, 2.05) is 30.5 Å². The second-order valence-corrected chi connectivity index (χ2v) is 6.95. The summed E-state index contributed by atoms with van der Waals surface area (Å²) in [6.07, 6.45) is 4.41. The number of ether oxygens (including phenoxy) is 1. The normalized spacial score (nSPS) is 18.5. The number of rotatable bonds is 5. The number of fused-ring (bicyclic) bond motifs is 1. The van der Waals surface area contributed by atoms with Gasteiger partial charge in [0.25, 0.3) is 0 Å². The summed E-state index contributed by atoms with van der Waals surface area (Å²) in [6, 6.07) is 7.44. The quantitative estimate of drug-likeness (QED) is 0.757. The first-order chi connectivity index (χ1) is 12.7. The zero-order valence-electron chi connectivity index (χ0n) is 14.7. The lowest BCUT2D eigenvalue weighted by molar-refractivity contribution is -0.123. The van der Waals surface area contributed by atoms with E-state index < -0.39 is 6.04 Å². The third-order valence-corrected chi connectivity index (χ3v) is 4.94. The third kappa shape index (κ3) is 3.83. The highest BCUT2D eigenvalue weighted by molar-refractivity contribution is 5.89. The van der Waals surface area contributed by atoms with Gasteiger partial charge in [-0.1, -0.05) is 18.2 Å². The molecule has 1 atom stereocenters. The maximum absolute atomic E-state index is 12.7. The van der Waals surface area contributed by atoms with Gasteiger partial charge in [0.1, 0.15) is 6.04 Å². The molecule has 1 aromatic heterocycles. The molecule has 7 heteroatoms. The second-order valence-electron chi connectivity index (χ2n) is 6.95. The Hall–Kier alpha value is -2.54. The minimum Gasteiger partial charge on any atom is -0.378 e. The highest BCUT2D eigenvalue weighted by Gasteiger charge is 2.30. The van der Waals surface area contributed by atoms with Crippen molar-refractivity contribution in [2.45, 2.75) is 31.3 Å². The fourth-order valence-corrected chi connectivity index (χ4v) is 3.27. The molecule has 26 heavy (non-hydrogen) atoms. The summed E-state index contributed by atoms with van der Waals surface area (Å²) in [7, 11) is 0. The van der Waals surface area contributed by atoms with Crippen LogP contribution in [0, 0.1) is 0 Å². The minimum atomic E-state index is -0.592. The number of amides is 3. The molecule has 3 amide bonds. The van der Waals surface area contributed by atoms with Crippen LogP contribution in [0.15, 0.2) is 30.5 Å². The summed E-state index contributed by atoms with van der Waals surface area (Å²) in [5, 5.41) is 7.02. The van der Waals surface area contributed by atoms with Crippen LogP contribution in [0.4, 0.5) is 4.79 Å². The first-order valence-corrected chi connectivity index (χ1v) is 9.19. The lowest BCUT2D eigenvalue weighted by Gasteiger charge is -2.29. The molecule has 0 bridgehead atoms. The molecule has 0 unspecified atom stereocenters. The highest BCUT2D eigenvalue weighted by atomic mass is 16.5. The van der Waals surface area contributed by atoms with Gasteiger partial charge in [0, 0.05) is 42.7 Å². The Morgan fingerprint density at radius 1 is 1.23 bits per heavy atom. The summed E-state index contributed by atoms with van der Waals surface area (Å²) >= 11 is 0. The molecule has 1 saturated heterocycles. The molecule has 2 aliphatic rings. The molecule has 2 aromatic rings. The number of aromatic nitrogens is 1. The van der Waals surface area contributed by atoms with Crippen molar-refractivity contribution in [2.75, 3.05) is 26.3 Å². The standard InChI is InChI=1S/C19H24N4O3/c24-18(21-14-5-6-14)17(22-19(25)23-7-9-26-10-8-23)11-13-12-20-16-4-2-1-3-15(13)16/h1-4,12,14,17,20H,5-11H2,(H,21,24)(H,22,25)/t17-/m0/s1. The van der Waals surface area contributed by atoms with Gasteiger partial charge in [0.15, 0.2) is 0 Å². The molecule has 2 heterocycles. The first kappa shape index (κ1) is 16.9. The Kier molecular flexibility index (Phi) is 4.79. The monoisotopic (exact) mass is 356 g/mol. The molecule has 4 rings (SSSR count). The third-order valence-electron chi connectivity index (χ3n) is 4.94. The minimum absolute atomic E-state index is 0.112. The predicted molar refractivity (Wildman–Crippen MR) is 97.9 cm³/mol. The Morgan fingerprint density at radius 3 is 2.77 bits per heavy atom. The van der Waals surface area contributed by atoms with Crippen LogP contribution < -0.4 is 10.6 Å². The average Bonchev–Trinajstić information content (AvgIpc) is 3.40. The van der Waals surface area contributed by atoms with Crippen LogP contribution in [0.3, 0.4) is 0 Å². The Balaban J connectivity index is 1.50. The van der Waals surface area contributed by atoms with Gasteiger partial charge in [0.05, 0.1) is 13.2 Å². The molecule has 7 nitrogen and oxygen atoms in total. The zero-order valence-corrected chi connectivity index (χ0v) is 14.7. The maximum Gasteiger partial charge on any atom is 0.318 e. The fourth-order valence-electron chi connectivity index (χ4n) is 3.27. The summed E-state index contributed by atoms with van der Waals surface area (Å²) in [4.78, 5) is 30.2. The van der Waals surface area contributed by atoms with Gasteiger partial charge in [-0.05, 0) is 24.5 Å². The topological polar surface area (TPSA) is 86.5 Å². The van der Waals surface area contributed by atoms with Gasteiger partial charge in [0.2, 0.25) is 5.91 Å². The molecule has 0 radical (unpaired) electrons. The van der Waals surface area contributed by atoms with E-state index in [1.165, 1.54) is 0 Å². The van der Waals surface area contributed by atoms with Crippen LogP contribution in [0.2, 0.25) is 0 Å². The SMILES string of the molecule is O=C(NC1CC1)[C@H](Cc1c[nH]c2ccccc12)NC(=O)N1CCOCC1. The molecular weight excluding hydrogens is 332 g/mol. The van der Waals surface area contributed by atoms with Crippen molar-refractivity contribution in [2.24, 2.45) is 0 Å². The number of hydrogen-bond donors (Lipinski definition) is 3. The molecule has 0 spiro atoms. The van der Waals surface area contributed by atoms with Crippen LogP contribution in [-0.4, -0.2) is 60.2 Å². The lowest BCUT2D eigenvalue weighted by atomic mass is 10.0. The molecule has 3 N–H and O–H groups in total. The fraction of sp³-hybridized carbons (Fsp3) is 0.474. The van der Waals surface area contributed by atoms with Crippen molar-refractivity contribution in [3.63, 3.8) is 0 Å². The summed E-state index contributed by atoms with van der Waals surface area (Å²) in [5.74, 6) is -0.112. The van der Waals surface area contributed by atoms with Crippen LogP contribution in [-0.2, 0) is 16.0 Å². The summed E-state index contributed by atoms with van der Waals surface area (Å²) in [6.45, 7) is 2.18. The number of carbonyl (C=O) groups is 2. The highest BCUT2D eigenvalue weighted by Crippen LogP contribution is 2.21. The number of aromatic amines is 1. The molecule has 1 aromatic carbocycles. The van der Waals surface area contributed by atoms with E-state index in [0.29, 0.717) is 32.7 Å². The number of morpholine rings is 1. The maximum atomic E-state index is 12.7. The number of benzene rings is 1. The average molecular weight is 356 g/mol. The Morgan fingerprint density at radius 2 is 2.00 bits per heavy atom. The van der Waals surface area contributed by atoms with Crippen molar-refractivity contribution in [3.8, 4) is 0 Å². The number of hydrogen-bond acceptors (Lipinski definition) is 3. The smallest absolute Gasteiger partial charge is 0.318 e. The van der Waals surface area contributed by atoms with Crippen LogP contribution in [0.1, 0.15) is 18.4 Å². The van der Waals surface area contributed by atoms with Crippen molar-refractivity contribution >= 4 is 22.8 Å². The van der Waals surface area contributed by atoms with Crippen LogP contribution in [0.5, 0.6) is 0 Å². The molecular formula is C19H24N4O3. The lowest BCUT2D eigenvalue weighted by Crippen LogP contribution is -2.54. The van der Waals surface area contributed by atoms with Gasteiger partial charge in [-0.3, -0.25) is 4.79 Å². The largest absolute Gasteiger partial charge is 0.378 e. The van der Waals surface area contributed by atoms with Crippen LogP contribution in [0.25, 0.3) is 10.9 Å². The van der Waals surface area contributed by atoms with Crippen LogP contribution >= 0.6 is 0 Å². The van der Waals surface area contributed by atoms with E-state index in [2.05, 4.69) is 15.6 Å². The summed E-state index contributed by atoms with van der Waals surface area (Å²) < 4.78 is 5.29. The Bertz CT molecular complexity index is 793. The number of para-hydroxylation sites is 1. The molecule has 2 fully saturated rings. The van der Waals surface area contributed by atoms with E-state index in [0.717, 1.165) is 29.3 Å². The first-order valence-electron chi connectivity index (χ1n) is 9.19. The van der Waals surface area contributed by atoms with E-state index in [9.17, 15) is 9.59 Å². The number of nitrogens with zero attached hydrogens (tertiary/aromatic N) is 1. The van der Waals surface area contributed by atoms with Crippen molar-refractivity contribution in [1.29, 1.82) is 0 Å². The second kappa shape index (κ2) is 7.37. The van der Waals surface area contributed by atoms with Gasteiger partial charge in [-0.25, -0.2) is 4.79 Å². The van der Waals surface area contributed by atoms with E-state index in [1.54, 1.807) is 4.90 Å². The van der Waals surface area contributed by atoms with Gasteiger partial charge < -0.3 is 25.3 Å². The van der Waals surface area contributed by atoms with E-state index in [4.69, 9.17) is 4.74 Å². The molecule has 1 aliphatic carbocycles. The van der Waals surface area contributed by atoms with Gasteiger partial charge in [-0.2, -0.15) is 0 Å². The molecule has 138 valence electrons. The molecule has 1 aliphatic heterocycles. The number of urea groups is 1. The van der Waals surface area contributed by atoms with Crippen molar-refractivity contribution in [1.82, 2.24) is 20.5 Å². The predicted octanol–water partition coefficient (Wildman–Crippen LogP) is 1.40. The molecule has 1 saturated carbocycles. The van der Waals surface area contributed by atoms with Crippen molar-refractivity contribution < 1.29 is 14.3 Å². The van der Waals surface area contributed by atoms with Crippen molar-refractivity contribution in [3.05, 3.63) is 36.0 Å². The van der Waals surface area contributed by atoms with E-state index >= 15 is 0 Å². The van der Waals surface area contributed by atoms with Gasteiger partial charge >= 0.3 is 6.03 Å². The number of carbonyl (C=O) groups excluding carboxylic acids is 2. The summed E-state index contributed by atoms with van der Waals surface area (Å²) in [5.41, 5.74) is 2.06. The van der Waals surface area contributed by atoms with Gasteiger partial charge in [-0.15, -0.1) is 0 Å². The number of H-pyrrole nitrogens is 1. The zero-order chi connectivity index (χ0) is 17.9.